The van der Waals surface area contributed by atoms with Crippen LogP contribution in [0.4, 0.5) is 0 Å². The van der Waals surface area contributed by atoms with Gasteiger partial charge in [-0.15, -0.1) is 0 Å². The van der Waals surface area contributed by atoms with Gasteiger partial charge in [-0.25, -0.2) is 4.79 Å². The van der Waals surface area contributed by atoms with Gasteiger partial charge in [0, 0.05) is 4.47 Å². The fraction of sp³-hybridized carbons (Fsp3) is 0.118. The summed E-state index contributed by atoms with van der Waals surface area (Å²) in [5, 5.41) is 9.43. The summed E-state index contributed by atoms with van der Waals surface area (Å²) in [5.41, 5.74) is 4.13. The Balaban J connectivity index is 2.48. The highest BCUT2D eigenvalue weighted by Crippen LogP contribution is 2.22. The van der Waals surface area contributed by atoms with Crippen LogP contribution in [-0.2, 0) is 4.79 Å². The molecule has 0 aliphatic heterocycles. The molecule has 0 aliphatic carbocycles. The molecule has 0 aromatic heterocycles. The van der Waals surface area contributed by atoms with E-state index in [0.29, 0.717) is 5.57 Å². The van der Waals surface area contributed by atoms with E-state index < -0.39 is 5.97 Å². The average molecular weight is 331 g/mol. The molecule has 2 nitrogen and oxygen atoms in total. The maximum atomic E-state index is 11.5. The number of aryl methyl sites for hydroxylation is 2. The number of hydrogen-bond donors (Lipinski definition) is 1. The fourth-order valence-electron chi connectivity index (χ4n) is 1.90. The number of halogens is 1. The predicted molar refractivity (Wildman–Crippen MR) is 85.6 cm³/mol. The summed E-state index contributed by atoms with van der Waals surface area (Å²) in [7, 11) is 0. The van der Waals surface area contributed by atoms with Crippen molar-refractivity contribution < 1.29 is 9.90 Å². The van der Waals surface area contributed by atoms with Gasteiger partial charge in [0.05, 0.1) is 5.57 Å². The molecule has 0 radical (unpaired) electrons. The van der Waals surface area contributed by atoms with Crippen LogP contribution in [-0.4, -0.2) is 11.1 Å². The first-order chi connectivity index (χ1) is 9.47. The molecule has 1 N–H and O–H groups in total. The Hall–Kier alpha value is -1.87. The summed E-state index contributed by atoms with van der Waals surface area (Å²) in [5.74, 6) is -0.920. The van der Waals surface area contributed by atoms with E-state index >= 15 is 0 Å². The maximum absolute atomic E-state index is 11.5. The normalized spacial score (nSPS) is 11.4. The van der Waals surface area contributed by atoms with Gasteiger partial charge >= 0.3 is 5.97 Å². The lowest BCUT2D eigenvalue weighted by molar-refractivity contribution is -0.130. The van der Waals surface area contributed by atoms with Crippen LogP contribution >= 0.6 is 15.9 Å². The number of carboxylic acids is 1. The standard InChI is InChI=1S/C17H15BrO2/c1-11-3-6-14(9-12(11)2)16(17(19)20)10-13-4-7-15(18)8-5-13/h3-10H,1-2H3,(H,19,20)/b16-10-. The molecule has 0 atom stereocenters. The van der Waals surface area contributed by atoms with Crippen LogP contribution < -0.4 is 0 Å². The lowest BCUT2D eigenvalue weighted by atomic mass is 9.99. The Morgan fingerprint density at radius 2 is 1.70 bits per heavy atom. The third-order valence-corrected chi connectivity index (χ3v) is 3.76. The van der Waals surface area contributed by atoms with E-state index in [1.807, 2.05) is 56.3 Å². The summed E-state index contributed by atoms with van der Waals surface area (Å²) in [4.78, 5) is 11.5. The second-order valence-electron chi connectivity index (χ2n) is 4.71. The molecule has 0 amide bonds. The lowest BCUT2D eigenvalue weighted by Crippen LogP contribution is -2.00. The van der Waals surface area contributed by atoms with Crippen molar-refractivity contribution in [2.45, 2.75) is 13.8 Å². The SMILES string of the molecule is Cc1ccc(/C(=C/c2ccc(Br)cc2)C(=O)O)cc1C. The smallest absolute Gasteiger partial charge is 0.336 e. The van der Waals surface area contributed by atoms with Crippen molar-refractivity contribution in [3.8, 4) is 0 Å². The summed E-state index contributed by atoms with van der Waals surface area (Å²) in [6.45, 7) is 4.00. The quantitative estimate of drug-likeness (QED) is 0.654. The number of carbonyl (C=O) groups is 1. The van der Waals surface area contributed by atoms with Crippen LogP contribution in [0.1, 0.15) is 22.3 Å². The second kappa shape index (κ2) is 6.06. The minimum absolute atomic E-state index is 0.301. The van der Waals surface area contributed by atoms with Crippen LogP contribution in [0, 0.1) is 13.8 Å². The Kier molecular flexibility index (Phi) is 4.40. The van der Waals surface area contributed by atoms with Gasteiger partial charge in [-0.2, -0.15) is 0 Å². The average Bonchev–Trinajstić information content (AvgIpc) is 2.41. The first-order valence-corrected chi connectivity index (χ1v) is 7.05. The molecule has 2 aromatic rings. The van der Waals surface area contributed by atoms with Crippen molar-refractivity contribution >= 4 is 33.5 Å². The Morgan fingerprint density at radius 3 is 2.25 bits per heavy atom. The Labute approximate surface area is 126 Å². The van der Waals surface area contributed by atoms with E-state index in [-0.39, 0.29) is 0 Å². The van der Waals surface area contributed by atoms with E-state index in [1.165, 1.54) is 0 Å². The third kappa shape index (κ3) is 3.36. The highest BCUT2D eigenvalue weighted by molar-refractivity contribution is 9.10. The van der Waals surface area contributed by atoms with Gasteiger partial charge in [-0.1, -0.05) is 46.3 Å². The molecule has 0 unspecified atom stereocenters. The van der Waals surface area contributed by atoms with Gasteiger partial charge < -0.3 is 5.11 Å². The van der Waals surface area contributed by atoms with Crippen LogP contribution in [0.25, 0.3) is 11.6 Å². The van der Waals surface area contributed by atoms with Gasteiger partial charge in [-0.05, 0) is 54.3 Å². The van der Waals surface area contributed by atoms with Gasteiger partial charge in [0.1, 0.15) is 0 Å². The van der Waals surface area contributed by atoms with E-state index in [4.69, 9.17) is 0 Å². The molecular weight excluding hydrogens is 316 g/mol. The molecule has 2 aromatic carbocycles. The highest BCUT2D eigenvalue weighted by Gasteiger charge is 2.11. The molecule has 0 bridgehead atoms. The zero-order valence-corrected chi connectivity index (χ0v) is 12.9. The van der Waals surface area contributed by atoms with Crippen molar-refractivity contribution in [2.24, 2.45) is 0 Å². The van der Waals surface area contributed by atoms with Crippen molar-refractivity contribution in [3.63, 3.8) is 0 Å². The van der Waals surface area contributed by atoms with Crippen molar-refractivity contribution in [2.75, 3.05) is 0 Å². The summed E-state index contributed by atoms with van der Waals surface area (Å²) >= 11 is 3.37. The number of benzene rings is 2. The fourth-order valence-corrected chi connectivity index (χ4v) is 2.17. The van der Waals surface area contributed by atoms with Gasteiger partial charge in [0.25, 0.3) is 0 Å². The minimum atomic E-state index is -0.920. The molecule has 2 rings (SSSR count). The molecule has 20 heavy (non-hydrogen) atoms. The van der Waals surface area contributed by atoms with Crippen LogP contribution in [0.3, 0.4) is 0 Å². The van der Waals surface area contributed by atoms with Gasteiger partial charge in [0.15, 0.2) is 0 Å². The minimum Gasteiger partial charge on any atom is -0.478 e. The second-order valence-corrected chi connectivity index (χ2v) is 5.63. The van der Waals surface area contributed by atoms with Gasteiger partial charge in [-0.3, -0.25) is 0 Å². The monoisotopic (exact) mass is 330 g/mol. The number of hydrogen-bond acceptors (Lipinski definition) is 1. The molecule has 0 aliphatic rings. The number of rotatable bonds is 3. The highest BCUT2D eigenvalue weighted by atomic mass is 79.9. The largest absolute Gasteiger partial charge is 0.478 e. The number of aliphatic carboxylic acids is 1. The van der Waals surface area contributed by atoms with Gasteiger partial charge in [0.2, 0.25) is 0 Å². The van der Waals surface area contributed by atoms with Crippen molar-refractivity contribution in [1.82, 2.24) is 0 Å². The van der Waals surface area contributed by atoms with Crippen molar-refractivity contribution in [3.05, 3.63) is 69.2 Å². The maximum Gasteiger partial charge on any atom is 0.336 e. The molecule has 0 spiro atoms. The van der Waals surface area contributed by atoms with E-state index in [2.05, 4.69) is 15.9 Å². The topological polar surface area (TPSA) is 37.3 Å². The third-order valence-electron chi connectivity index (χ3n) is 3.23. The van der Waals surface area contributed by atoms with Crippen LogP contribution in [0.15, 0.2) is 46.9 Å². The molecule has 0 fully saturated rings. The molecule has 3 heteroatoms. The summed E-state index contributed by atoms with van der Waals surface area (Å²) < 4.78 is 0.970. The Morgan fingerprint density at radius 1 is 1.05 bits per heavy atom. The van der Waals surface area contributed by atoms with E-state index in [0.717, 1.165) is 26.7 Å². The van der Waals surface area contributed by atoms with Crippen molar-refractivity contribution in [1.29, 1.82) is 0 Å². The zero-order chi connectivity index (χ0) is 14.7. The molecule has 0 saturated heterocycles. The molecule has 0 heterocycles. The molecule has 102 valence electrons. The first-order valence-electron chi connectivity index (χ1n) is 6.25. The molecule has 0 saturated carbocycles. The number of carboxylic acid groups (broad SMARTS) is 1. The molecular formula is C17H15BrO2. The lowest BCUT2D eigenvalue weighted by Gasteiger charge is -2.07. The predicted octanol–water partition coefficient (Wildman–Crippen LogP) is 4.69. The van der Waals surface area contributed by atoms with Crippen LogP contribution in [0.2, 0.25) is 0 Å². The van der Waals surface area contributed by atoms with E-state index in [1.54, 1.807) is 6.08 Å². The van der Waals surface area contributed by atoms with Crippen LogP contribution in [0.5, 0.6) is 0 Å². The summed E-state index contributed by atoms with van der Waals surface area (Å²) in [6, 6.07) is 13.3. The van der Waals surface area contributed by atoms with E-state index in [9.17, 15) is 9.90 Å². The Bertz CT molecular complexity index is 670. The zero-order valence-electron chi connectivity index (χ0n) is 11.4. The first kappa shape index (κ1) is 14.5. The summed E-state index contributed by atoms with van der Waals surface area (Å²) in [6.07, 6.45) is 1.69.